The van der Waals surface area contributed by atoms with Crippen LogP contribution >= 0.6 is 0 Å². The second kappa shape index (κ2) is 8.58. The van der Waals surface area contributed by atoms with Crippen LogP contribution in [-0.4, -0.2) is 15.9 Å². The Morgan fingerprint density at radius 3 is 1.78 bits per heavy atom. The molecule has 0 bridgehead atoms. The molecule has 0 atom stereocenters. The molecule has 1 N–H and O–H groups in total. The predicted octanol–water partition coefficient (Wildman–Crippen LogP) is 5.56. The highest BCUT2D eigenvalue weighted by atomic mass is 16.1. The van der Waals surface area contributed by atoms with Crippen LogP contribution in [0.3, 0.4) is 0 Å². The van der Waals surface area contributed by atoms with Crippen LogP contribution in [0.5, 0.6) is 0 Å². The minimum Gasteiger partial charge on any atom is -0.294 e. The number of nitrogens with zero attached hydrogens (tertiary/aromatic N) is 2. The lowest BCUT2D eigenvalue weighted by Crippen LogP contribution is -2.14. The lowest BCUT2D eigenvalue weighted by molar-refractivity contribution is -0.116. The largest absolute Gasteiger partial charge is 0.294 e. The highest BCUT2D eigenvalue weighted by Gasteiger charge is 2.11. The zero-order valence-electron chi connectivity index (χ0n) is 16.1. The summed E-state index contributed by atoms with van der Waals surface area (Å²) in [6.07, 6.45) is 2.31. The molecule has 0 fully saturated rings. The van der Waals surface area contributed by atoms with E-state index in [1.54, 1.807) is 0 Å². The van der Waals surface area contributed by atoms with E-state index in [1.807, 2.05) is 30.3 Å². The van der Waals surface area contributed by atoms with Crippen molar-refractivity contribution in [1.29, 1.82) is 0 Å². The van der Waals surface area contributed by atoms with E-state index >= 15 is 0 Å². The summed E-state index contributed by atoms with van der Waals surface area (Å²) in [6.45, 7) is 6.18. The molecule has 3 aromatic rings. The minimum atomic E-state index is -0.0484. The Labute approximate surface area is 160 Å². The van der Waals surface area contributed by atoms with Gasteiger partial charge >= 0.3 is 0 Å². The number of unbranched alkanes of at least 4 members (excludes halogenated alkanes) is 1. The molecule has 1 heterocycles. The van der Waals surface area contributed by atoms with E-state index in [0.717, 1.165) is 35.4 Å². The summed E-state index contributed by atoms with van der Waals surface area (Å²) in [7, 11) is 0. The summed E-state index contributed by atoms with van der Waals surface area (Å²) < 4.78 is 0. The average molecular weight is 359 g/mol. The number of aryl methyl sites for hydroxylation is 2. The van der Waals surface area contributed by atoms with Crippen molar-refractivity contribution in [2.75, 3.05) is 5.32 Å². The van der Waals surface area contributed by atoms with Crippen LogP contribution in [-0.2, 0) is 4.79 Å². The molecule has 4 heteroatoms. The van der Waals surface area contributed by atoms with Crippen LogP contribution in [0.25, 0.3) is 22.5 Å². The summed E-state index contributed by atoms with van der Waals surface area (Å²) in [5, 5.41) is 2.86. The molecule has 0 aliphatic carbocycles. The number of hydrogen-bond acceptors (Lipinski definition) is 3. The number of anilines is 1. The number of hydrogen-bond donors (Lipinski definition) is 1. The van der Waals surface area contributed by atoms with E-state index in [4.69, 9.17) is 0 Å². The number of benzene rings is 2. The molecule has 0 saturated carbocycles. The lowest BCUT2D eigenvalue weighted by Gasteiger charge is -2.10. The molecule has 0 radical (unpaired) electrons. The zero-order valence-corrected chi connectivity index (χ0v) is 16.1. The van der Waals surface area contributed by atoms with Crippen LogP contribution < -0.4 is 5.32 Å². The first-order valence-electron chi connectivity index (χ1n) is 9.38. The molecule has 3 rings (SSSR count). The SMILES string of the molecule is CCCCC(=O)Nc1nc(-c2ccc(C)cc2)cc(-c2ccc(C)cc2)n1. The fraction of sp³-hybridized carbons (Fsp3) is 0.261. The van der Waals surface area contributed by atoms with E-state index in [9.17, 15) is 4.79 Å². The highest BCUT2D eigenvalue weighted by Crippen LogP contribution is 2.26. The molecular formula is C23H25N3O. The third-order valence-electron chi connectivity index (χ3n) is 4.43. The van der Waals surface area contributed by atoms with Crippen molar-refractivity contribution in [3.8, 4) is 22.5 Å². The van der Waals surface area contributed by atoms with E-state index in [1.165, 1.54) is 11.1 Å². The lowest BCUT2D eigenvalue weighted by atomic mass is 10.1. The van der Waals surface area contributed by atoms with Gasteiger partial charge in [0.15, 0.2) is 0 Å². The fourth-order valence-corrected chi connectivity index (χ4v) is 2.77. The van der Waals surface area contributed by atoms with Crippen molar-refractivity contribution in [3.63, 3.8) is 0 Å². The molecule has 0 saturated heterocycles. The van der Waals surface area contributed by atoms with Crippen molar-refractivity contribution >= 4 is 11.9 Å². The number of carbonyl (C=O) groups is 1. The van der Waals surface area contributed by atoms with E-state index in [2.05, 4.69) is 60.3 Å². The van der Waals surface area contributed by atoms with Gasteiger partial charge in [0.1, 0.15) is 0 Å². The number of nitrogens with one attached hydrogen (secondary N) is 1. The maximum absolute atomic E-state index is 12.2. The first kappa shape index (κ1) is 18.8. The molecule has 1 aromatic heterocycles. The summed E-state index contributed by atoms with van der Waals surface area (Å²) in [5.74, 6) is 0.303. The summed E-state index contributed by atoms with van der Waals surface area (Å²) in [5.41, 5.74) is 5.98. The smallest absolute Gasteiger partial charge is 0.230 e. The molecule has 0 aliphatic rings. The second-order valence-electron chi connectivity index (χ2n) is 6.85. The molecule has 0 aliphatic heterocycles. The van der Waals surface area contributed by atoms with Crippen LogP contribution in [0, 0.1) is 13.8 Å². The standard InChI is InChI=1S/C23H25N3O/c1-4-5-6-22(27)26-23-24-20(18-11-7-16(2)8-12-18)15-21(25-23)19-13-9-17(3)10-14-19/h7-15H,4-6H2,1-3H3,(H,24,25,26,27). The van der Waals surface area contributed by atoms with Gasteiger partial charge in [-0.1, -0.05) is 73.0 Å². The van der Waals surface area contributed by atoms with Crippen molar-refractivity contribution in [1.82, 2.24) is 9.97 Å². The van der Waals surface area contributed by atoms with Crippen molar-refractivity contribution < 1.29 is 4.79 Å². The van der Waals surface area contributed by atoms with E-state index < -0.39 is 0 Å². The van der Waals surface area contributed by atoms with E-state index in [0.29, 0.717) is 12.4 Å². The van der Waals surface area contributed by atoms with Gasteiger partial charge in [0.05, 0.1) is 11.4 Å². The molecule has 27 heavy (non-hydrogen) atoms. The second-order valence-corrected chi connectivity index (χ2v) is 6.85. The average Bonchev–Trinajstić information content (AvgIpc) is 2.67. The van der Waals surface area contributed by atoms with Crippen molar-refractivity contribution in [2.45, 2.75) is 40.0 Å². The molecule has 4 nitrogen and oxygen atoms in total. The van der Waals surface area contributed by atoms with Gasteiger partial charge in [0, 0.05) is 17.5 Å². The Hall–Kier alpha value is -3.01. The van der Waals surface area contributed by atoms with Gasteiger partial charge in [-0.25, -0.2) is 9.97 Å². The summed E-state index contributed by atoms with van der Waals surface area (Å²) >= 11 is 0. The third-order valence-corrected chi connectivity index (χ3v) is 4.43. The first-order chi connectivity index (χ1) is 13.0. The Morgan fingerprint density at radius 2 is 1.33 bits per heavy atom. The number of rotatable bonds is 6. The van der Waals surface area contributed by atoms with Crippen molar-refractivity contribution in [2.24, 2.45) is 0 Å². The van der Waals surface area contributed by atoms with Crippen molar-refractivity contribution in [3.05, 3.63) is 65.7 Å². The Bertz CT molecular complexity index is 852. The molecular weight excluding hydrogens is 334 g/mol. The summed E-state index contributed by atoms with van der Waals surface area (Å²) in [6, 6.07) is 18.4. The molecule has 2 aromatic carbocycles. The normalized spacial score (nSPS) is 10.6. The van der Waals surface area contributed by atoms with Crippen LogP contribution in [0.4, 0.5) is 5.95 Å². The van der Waals surface area contributed by atoms with Gasteiger partial charge in [0.25, 0.3) is 0 Å². The Morgan fingerprint density at radius 1 is 0.852 bits per heavy atom. The topological polar surface area (TPSA) is 54.9 Å². The monoisotopic (exact) mass is 359 g/mol. The van der Waals surface area contributed by atoms with Crippen LogP contribution in [0.1, 0.15) is 37.3 Å². The fourth-order valence-electron chi connectivity index (χ4n) is 2.77. The molecule has 0 unspecified atom stereocenters. The maximum Gasteiger partial charge on any atom is 0.230 e. The van der Waals surface area contributed by atoms with Gasteiger partial charge < -0.3 is 0 Å². The number of carbonyl (C=O) groups excluding carboxylic acids is 1. The molecule has 0 spiro atoms. The minimum absolute atomic E-state index is 0.0484. The molecule has 1 amide bonds. The van der Waals surface area contributed by atoms with Gasteiger partial charge in [-0.2, -0.15) is 0 Å². The van der Waals surface area contributed by atoms with Gasteiger partial charge in [-0.15, -0.1) is 0 Å². The first-order valence-corrected chi connectivity index (χ1v) is 9.38. The van der Waals surface area contributed by atoms with Crippen LogP contribution in [0.2, 0.25) is 0 Å². The maximum atomic E-state index is 12.2. The van der Waals surface area contributed by atoms with Gasteiger partial charge in [0.2, 0.25) is 11.9 Å². The quantitative estimate of drug-likeness (QED) is 0.627. The van der Waals surface area contributed by atoms with Gasteiger partial charge in [-0.3, -0.25) is 10.1 Å². The summed E-state index contributed by atoms with van der Waals surface area (Å²) in [4.78, 5) is 21.3. The Kier molecular flexibility index (Phi) is 5.97. The highest BCUT2D eigenvalue weighted by molar-refractivity contribution is 5.89. The third kappa shape index (κ3) is 5.00. The predicted molar refractivity (Wildman–Crippen MR) is 111 cm³/mol. The van der Waals surface area contributed by atoms with Crippen LogP contribution in [0.15, 0.2) is 54.6 Å². The molecule has 138 valence electrons. The van der Waals surface area contributed by atoms with E-state index in [-0.39, 0.29) is 5.91 Å². The number of amides is 1. The Balaban J connectivity index is 2.00. The zero-order chi connectivity index (χ0) is 19.2. The number of aromatic nitrogens is 2. The van der Waals surface area contributed by atoms with Gasteiger partial charge in [-0.05, 0) is 26.3 Å².